The molecule has 1 aliphatic rings. The highest BCUT2D eigenvalue weighted by Gasteiger charge is 2.41. The molecule has 1 fully saturated rings. The van der Waals surface area contributed by atoms with E-state index in [2.05, 4.69) is 13.8 Å². The van der Waals surface area contributed by atoms with E-state index in [-0.39, 0.29) is 17.2 Å². The molecule has 0 spiro atoms. The van der Waals surface area contributed by atoms with Gasteiger partial charge in [0, 0.05) is 23.8 Å². The van der Waals surface area contributed by atoms with Gasteiger partial charge in [-0.05, 0) is 43.4 Å². The van der Waals surface area contributed by atoms with Crippen LogP contribution in [-0.4, -0.2) is 12.5 Å². The van der Waals surface area contributed by atoms with Gasteiger partial charge in [0.05, 0.1) is 0 Å². The smallest absolute Gasteiger partial charge is 0.230 e. The molecule has 1 atom stereocenters. The first kappa shape index (κ1) is 13.9. The van der Waals surface area contributed by atoms with Crippen LogP contribution in [0.5, 0.6) is 0 Å². The zero-order valence-corrected chi connectivity index (χ0v) is 12.1. The highest BCUT2D eigenvalue weighted by Crippen LogP contribution is 2.43. The molecule has 0 bridgehead atoms. The van der Waals surface area contributed by atoms with Crippen LogP contribution in [-0.2, 0) is 4.79 Å². The highest BCUT2D eigenvalue weighted by molar-refractivity contribution is 5.96. The molecule has 0 heterocycles. The van der Waals surface area contributed by atoms with E-state index in [4.69, 9.17) is 5.73 Å². The zero-order valence-electron chi connectivity index (χ0n) is 12.1. The first-order valence-corrected chi connectivity index (χ1v) is 7.12. The van der Waals surface area contributed by atoms with Crippen LogP contribution in [0.2, 0.25) is 0 Å². The Morgan fingerprint density at radius 2 is 2.21 bits per heavy atom. The van der Waals surface area contributed by atoms with Crippen LogP contribution >= 0.6 is 0 Å². The van der Waals surface area contributed by atoms with Gasteiger partial charge in [0.25, 0.3) is 0 Å². The lowest BCUT2D eigenvalue weighted by Gasteiger charge is -2.31. The van der Waals surface area contributed by atoms with Gasteiger partial charge in [-0.25, -0.2) is 0 Å². The summed E-state index contributed by atoms with van der Waals surface area (Å²) in [5.74, 6) is 0.379. The van der Waals surface area contributed by atoms with E-state index in [1.807, 2.05) is 36.1 Å². The summed E-state index contributed by atoms with van der Waals surface area (Å²) in [5.41, 5.74) is 7.55. The molecular formula is C16H24N2O. The molecule has 3 nitrogen and oxygen atoms in total. The van der Waals surface area contributed by atoms with Gasteiger partial charge in [-0.3, -0.25) is 4.79 Å². The van der Waals surface area contributed by atoms with E-state index in [0.29, 0.717) is 12.2 Å². The Bertz CT molecular complexity index is 468. The molecule has 2 rings (SSSR count). The fourth-order valence-electron chi connectivity index (χ4n) is 3.13. The Kier molecular flexibility index (Phi) is 3.83. The van der Waals surface area contributed by atoms with Gasteiger partial charge in [-0.15, -0.1) is 0 Å². The summed E-state index contributed by atoms with van der Waals surface area (Å²) in [6.45, 7) is 7.11. The number of rotatable bonds is 3. The number of hydrogen-bond donors (Lipinski definition) is 1. The van der Waals surface area contributed by atoms with Crippen molar-refractivity contribution < 1.29 is 4.79 Å². The lowest BCUT2D eigenvalue weighted by molar-refractivity contribution is -0.124. The third-order valence-electron chi connectivity index (χ3n) is 4.32. The first-order valence-electron chi connectivity index (χ1n) is 7.12. The molecule has 1 amide bonds. The zero-order chi connectivity index (χ0) is 14.0. The average molecular weight is 260 g/mol. The van der Waals surface area contributed by atoms with Crippen LogP contribution < -0.4 is 10.6 Å². The maximum Gasteiger partial charge on any atom is 0.230 e. The van der Waals surface area contributed by atoms with Crippen molar-refractivity contribution in [1.82, 2.24) is 0 Å². The number of hydrogen-bond acceptors (Lipinski definition) is 2. The van der Waals surface area contributed by atoms with E-state index in [0.717, 1.165) is 24.9 Å². The summed E-state index contributed by atoms with van der Waals surface area (Å²) in [7, 11) is 0. The van der Waals surface area contributed by atoms with Crippen molar-refractivity contribution >= 4 is 17.3 Å². The maximum atomic E-state index is 12.8. The number of carbonyl (C=O) groups is 1. The molecule has 1 aromatic carbocycles. The fraction of sp³-hybridized carbons (Fsp3) is 0.562. The van der Waals surface area contributed by atoms with Crippen LogP contribution in [0.25, 0.3) is 0 Å². The van der Waals surface area contributed by atoms with Crippen molar-refractivity contribution in [2.75, 3.05) is 17.2 Å². The van der Waals surface area contributed by atoms with Crippen molar-refractivity contribution in [2.45, 2.75) is 40.0 Å². The van der Waals surface area contributed by atoms with Crippen LogP contribution in [0, 0.1) is 11.3 Å². The average Bonchev–Trinajstić information content (AvgIpc) is 2.70. The summed E-state index contributed by atoms with van der Waals surface area (Å²) in [6.07, 6.45) is 3.29. The summed E-state index contributed by atoms with van der Waals surface area (Å²) in [4.78, 5) is 14.7. The number of nitrogen functional groups attached to an aromatic ring is 1. The van der Waals surface area contributed by atoms with E-state index >= 15 is 0 Å². The van der Waals surface area contributed by atoms with E-state index in [9.17, 15) is 4.79 Å². The van der Waals surface area contributed by atoms with Crippen LogP contribution in [0.3, 0.4) is 0 Å². The molecule has 1 aliphatic carbocycles. The van der Waals surface area contributed by atoms with Crippen molar-refractivity contribution in [2.24, 2.45) is 11.3 Å². The summed E-state index contributed by atoms with van der Waals surface area (Å²) in [6, 6.07) is 7.59. The number of nitrogens with two attached hydrogens (primary N) is 1. The van der Waals surface area contributed by atoms with Crippen LogP contribution in [0.4, 0.5) is 11.4 Å². The molecule has 0 aromatic heterocycles. The van der Waals surface area contributed by atoms with Gasteiger partial charge in [0.1, 0.15) is 0 Å². The maximum absolute atomic E-state index is 12.8. The van der Waals surface area contributed by atoms with E-state index in [1.165, 1.54) is 0 Å². The quantitative estimate of drug-likeness (QED) is 0.846. The SMILES string of the molecule is CCN(C(=O)C1CCCC1(C)C)c1cccc(N)c1. The number of carbonyl (C=O) groups excluding carboxylic acids is 1. The predicted octanol–water partition coefficient (Wildman–Crippen LogP) is 3.45. The Balaban J connectivity index is 2.25. The Morgan fingerprint density at radius 1 is 1.47 bits per heavy atom. The van der Waals surface area contributed by atoms with Gasteiger partial charge in [0.15, 0.2) is 0 Å². The van der Waals surface area contributed by atoms with Crippen molar-refractivity contribution in [3.63, 3.8) is 0 Å². The van der Waals surface area contributed by atoms with Crippen molar-refractivity contribution in [3.8, 4) is 0 Å². The predicted molar refractivity (Wildman–Crippen MR) is 80.0 cm³/mol. The minimum absolute atomic E-state index is 0.116. The van der Waals surface area contributed by atoms with E-state index in [1.54, 1.807) is 0 Å². The van der Waals surface area contributed by atoms with Gasteiger partial charge in [-0.1, -0.05) is 26.3 Å². The minimum Gasteiger partial charge on any atom is -0.399 e. The Morgan fingerprint density at radius 3 is 2.74 bits per heavy atom. The molecule has 19 heavy (non-hydrogen) atoms. The Labute approximate surface area is 115 Å². The standard InChI is InChI=1S/C16H24N2O/c1-4-18(13-8-5-7-12(17)11-13)15(19)14-9-6-10-16(14,2)3/h5,7-8,11,14H,4,6,9-10,17H2,1-3H3. The summed E-state index contributed by atoms with van der Waals surface area (Å²) < 4.78 is 0. The van der Waals surface area contributed by atoms with E-state index < -0.39 is 0 Å². The monoisotopic (exact) mass is 260 g/mol. The second-order valence-electron chi connectivity index (χ2n) is 6.11. The molecule has 0 saturated heterocycles. The molecule has 0 radical (unpaired) electrons. The largest absolute Gasteiger partial charge is 0.399 e. The molecule has 1 unspecified atom stereocenters. The third kappa shape index (κ3) is 2.75. The summed E-state index contributed by atoms with van der Waals surface area (Å²) in [5, 5.41) is 0. The number of anilines is 2. The second kappa shape index (κ2) is 5.24. The molecule has 1 aromatic rings. The number of benzene rings is 1. The van der Waals surface area contributed by atoms with Crippen molar-refractivity contribution in [3.05, 3.63) is 24.3 Å². The molecule has 104 valence electrons. The Hall–Kier alpha value is -1.51. The van der Waals surface area contributed by atoms with Crippen molar-refractivity contribution in [1.29, 1.82) is 0 Å². The van der Waals surface area contributed by atoms with Gasteiger partial charge >= 0.3 is 0 Å². The highest BCUT2D eigenvalue weighted by atomic mass is 16.2. The molecule has 3 heteroatoms. The fourth-order valence-corrected chi connectivity index (χ4v) is 3.13. The van der Waals surface area contributed by atoms with Gasteiger partial charge in [-0.2, -0.15) is 0 Å². The molecule has 0 aliphatic heterocycles. The number of nitrogens with zero attached hydrogens (tertiary/aromatic N) is 1. The van der Waals surface area contributed by atoms with Gasteiger partial charge in [0.2, 0.25) is 5.91 Å². The lowest BCUT2D eigenvalue weighted by Crippen LogP contribution is -2.40. The topological polar surface area (TPSA) is 46.3 Å². The second-order valence-corrected chi connectivity index (χ2v) is 6.11. The lowest BCUT2D eigenvalue weighted by atomic mass is 9.81. The van der Waals surface area contributed by atoms with Crippen LogP contribution in [0.15, 0.2) is 24.3 Å². The third-order valence-corrected chi connectivity index (χ3v) is 4.32. The minimum atomic E-state index is 0.116. The molecular weight excluding hydrogens is 236 g/mol. The molecule has 2 N–H and O–H groups in total. The van der Waals surface area contributed by atoms with Crippen LogP contribution in [0.1, 0.15) is 40.0 Å². The van der Waals surface area contributed by atoms with Gasteiger partial charge < -0.3 is 10.6 Å². The summed E-state index contributed by atoms with van der Waals surface area (Å²) >= 11 is 0. The first-order chi connectivity index (χ1) is 8.95. The normalized spacial score (nSPS) is 21.3. The molecule has 1 saturated carbocycles. The number of amides is 1.